The van der Waals surface area contributed by atoms with E-state index in [4.69, 9.17) is 0 Å². The van der Waals surface area contributed by atoms with Gasteiger partial charge in [0.15, 0.2) is 0 Å². The molecule has 3 atom stereocenters. The van der Waals surface area contributed by atoms with Gasteiger partial charge >= 0.3 is 0 Å². The summed E-state index contributed by atoms with van der Waals surface area (Å²) < 4.78 is 0. The van der Waals surface area contributed by atoms with Gasteiger partial charge in [-0.1, -0.05) is 6.92 Å². The van der Waals surface area contributed by atoms with Gasteiger partial charge in [-0.15, -0.1) is 0 Å². The second-order valence-electron chi connectivity index (χ2n) is 5.52. The number of hydrogen-bond donors (Lipinski definition) is 2. The first-order valence-electron chi connectivity index (χ1n) is 6.11. The summed E-state index contributed by atoms with van der Waals surface area (Å²) in [5.41, 5.74) is -0.170. The Labute approximate surface area is 92.0 Å². The van der Waals surface area contributed by atoms with Crippen LogP contribution in [0.1, 0.15) is 33.1 Å². The van der Waals surface area contributed by atoms with Crippen molar-refractivity contribution in [1.29, 1.82) is 0 Å². The van der Waals surface area contributed by atoms with Crippen LogP contribution in [0.4, 0.5) is 0 Å². The van der Waals surface area contributed by atoms with E-state index in [0.717, 1.165) is 44.3 Å². The van der Waals surface area contributed by atoms with Gasteiger partial charge in [-0.25, -0.2) is 0 Å². The standard InChI is InChI=1S/C12H22N2O/c1-9-6-10(9)7-14-11(15)12(2)4-3-5-13-8-12/h9-10,13H,3-8H2,1-2H3,(H,14,15). The number of hydrogen-bond acceptors (Lipinski definition) is 2. The van der Waals surface area contributed by atoms with E-state index in [-0.39, 0.29) is 11.3 Å². The summed E-state index contributed by atoms with van der Waals surface area (Å²) in [6.07, 6.45) is 3.42. The van der Waals surface area contributed by atoms with Crippen molar-refractivity contribution in [2.45, 2.75) is 33.1 Å². The molecule has 0 aromatic rings. The SMILES string of the molecule is CC1CC1CNC(=O)C1(C)CCCNC1. The van der Waals surface area contributed by atoms with Gasteiger partial charge in [-0.05, 0) is 44.6 Å². The van der Waals surface area contributed by atoms with Crippen LogP contribution in [0.5, 0.6) is 0 Å². The van der Waals surface area contributed by atoms with Crippen molar-refractivity contribution in [3.63, 3.8) is 0 Å². The van der Waals surface area contributed by atoms with Crippen LogP contribution in [-0.2, 0) is 4.79 Å². The molecule has 0 radical (unpaired) electrons. The summed E-state index contributed by atoms with van der Waals surface area (Å²) in [6, 6.07) is 0. The first kappa shape index (κ1) is 10.9. The summed E-state index contributed by atoms with van der Waals surface area (Å²) >= 11 is 0. The molecule has 0 spiro atoms. The number of rotatable bonds is 3. The largest absolute Gasteiger partial charge is 0.355 e. The molecule has 2 aliphatic rings. The average molecular weight is 210 g/mol. The highest BCUT2D eigenvalue weighted by Gasteiger charge is 2.37. The highest BCUT2D eigenvalue weighted by molar-refractivity contribution is 5.82. The molecule has 3 unspecified atom stereocenters. The van der Waals surface area contributed by atoms with Crippen molar-refractivity contribution in [3.8, 4) is 0 Å². The van der Waals surface area contributed by atoms with E-state index in [2.05, 4.69) is 24.5 Å². The second-order valence-corrected chi connectivity index (χ2v) is 5.52. The zero-order chi connectivity index (χ0) is 10.9. The molecule has 1 aliphatic carbocycles. The molecule has 0 aromatic heterocycles. The van der Waals surface area contributed by atoms with E-state index >= 15 is 0 Å². The van der Waals surface area contributed by atoms with Crippen molar-refractivity contribution in [3.05, 3.63) is 0 Å². The van der Waals surface area contributed by atoms with E-state index in [1.54, 1.807) is 0 Å². The molecule has 2 fully saturated rings. The quantitative estimate of drug-likeness (QED) is 0.733. The van der Waals surface area contributed by atoms with Crippen molar-refractivity contribution in [1.82, 2.24) is 10.6 Å². The molecule has 86 valence electrons. The van der Waals surface area contributed by atoms with Crippen molar-refractivity contribution >= 4 is 5.91 Å². The van der Waals surface area contributed by atoms with Gasteiger partial charge in [-0.2, -0.15) is 0 Å². The molecule has 1 saturated carbocycles. The predicted octanol–water partition coefficient (Wildman–Crippen LogP) is 1.15. The Kier molecular flexibility index (Phi) is 3.01. The monoisotopic (exact) mass is 210 g/mol. The molecular weight excluding hydrogens is 188 g/mol. The highest BCUT2D eigenvalue weighted by Crippen LogP contribution is 2.37. The number of nitrogens with one attached hydrogen (secondary N) is 2. The highest BCUT2D eigenvalue weighted by atomic mass is 16.2. The summed E-state index contributed by atoms with van der Waals surface area (Å²) in [7, 11) is 0. The Morgan fingerprint density at radius 2 is 2.33 bits per heavy atom. The summed E-state index contributed by atoms with van der Waals surface area (Å²) in [5, 5.41) is 6.41. The Bertz CT molecular complexity index is 246. The third-order valence-corrected chi connectivity index (χ3v) is 3.95. The second kappa shape index (κ2) is 4.12. The molecule has 1 amide bonds. The topological polar surface area (TPSA) is 41.1 Å². The Hall–Kier alpha value is -0.570. The van der Waals surface area contributed by atoms with Crippen LogP contribution in [0.3, 0.4) is 0 Å². The predicted molar refractivity (Wildman–Crippen MR) is 60.5 cm³/mol. The Balaban J connectivity index is 1.78. The van der Waals surface area contributed by atoms with E-state index in [0.29, 0.717) is 0 Å². The normalized spacial score (nSPS) is 39.9. The van der Waals surface area contributed by atoms with Gasteiger partial charge < -0.3 is 10.6 Å². The maximum atomic E-state index is 12.0. The number of piperidine rings is 1. The zero-order valence-corrected chi connectivity index (χ0v) is 9.81. The first-order valence-corrected chi connectivity index (χ1v) is 6.11. The molecule has 15 heavy (non-hydrogen) atoms. The maximum Gasteiger partial charge on any atom is 0.227 e. The Morgan fingerprint density at radius 1 is 1.60 bits per heavy atom. The minimum atomic E-state index is -0.170. The minimum absolute atomic E-state index is 0.170. The summed E-state index contributed by atoms with van der Waals surface area (Å²) in [5.74, 6) is 1.81. The minimum Gasteiger partial charge on any atom is -0.355 e. The van der Waals surface area contributed by atoms with Crippen LogP contribution in [0.2, 0.25) is 0 Å². The van der Waals surface area contributed by atoms with Gasteiger partial charge in [-0.3, -0.25) is 4.79 Å². The Morgan fingerprint density at radius 3 is 2.87 bits per heavy atom. The fourth-order valence-corrected chi connectivity index (χ4v) is 2.37. The van der Waals surface area contributed by atoms with E-state index in [1.165, 1.54) is 6.42 Å². The van der Waals surface area contributed by atoms with Crippen LogP contribution < -0.4 is 10.6 Å². The molecule has 3 heteroatoms. The lowest BCUT2D eigenvalue weighted by Crippen LogP contribution is -2.49. The molecule has 2 rings (SSSR count). The van der Waals surface area contributed by atoms with E-state index in [1.807, 2.05) is 0 Å². The lowest BCUT2D eigenvalue weighted by molar-refractivity contribution is -0.131. The summed E-state index contributed by atoms with van der Waals surface area (Å²) in [4.78, 5) is 12.0. The number of carbonyl (C=O) groups is 1. The molecule has 2 N–H and O–H groups in total. The van der Waals surface area contributed by atoms with Crippen LogP contribution in [-0.4, -0.2) is 25.5 Å². The number of amides is 1. The van der Waals surface area contributed by atoms with Gasteiger partial charge in [0.1, 0.15) is 0 Å². The zero-order valence-electron chi connectivity index (χ0n) is 9.81. The lowest BCUT2D eigenvalue weighted by atomic mass is 9.82. The maximum absolute atomic E-state index is 12.0. The van der Waals surface area contributed by atoms with Crippen LogP contribution in [0.15, 0.2) is 0 Å². The van der Waals surface area contributed by atoms with E-state index in [9.17, 15) is 4.79 Å². The molecule has 1 aliphatic heterocycles. The molecule has 3 nitrogen and oxygen atoms in total. The third-order valence-electron chi connectivity index (χ3n) is 3.95. The van der Waals surface area contributed by atoms with Gasteiger partial charge in [0, 0.05) is 13.1 Å². The number of carbonyl (C=O) groups excluding carboxylic acids is 1. The van der Waals surface area contributed by atoms with Gasteiger partial charge in [0.05, 0.1) is 5.41 Å². The van der Waals surface area contributed by atoms with Crippen LogP contribution in [0, 0.1) is 17.3 Å². The lowest BCUT2D eigenvalue weighted by Gasteiger charge is -2.32. The van der Waals surface area contributed by atoms with Crippen LogP contribution >= 0.6 is 0 Å². The van der Waals surface area contributed by atoms with E-state index < -0.39 is 0 Å². The van der Waals surface area contributed by atoms with Crippen molar-refractivity contribution < 1.29 is 4.79 Å². The van der Waals surface area contributed by atoms with Crippen molar-refractivity contribution in [2.75, 3.05) is 19.6 Å². The molecule has 0 bridgehead atoms. The molecular formula is C12H22N2O. The van der Waals surface area contributed by atoms with Gasteiger partial charge in [0.25, 0.3) is 0 Å². The molecule has 0 aromatic carbocycles. The summed E-state index contributed by atoms with van der Waals surface area (Å²) in [6.45, 7) is 7.10. The average Bonchev–Trinajstić information content (AvgIpc) is 2.92. The third kappa shape index (κ3) is 2.51. The van der Waals surface area contributed by atoms with Gasteiger partial charge in [0.2, 0.25) is 5.91 Å². The first-order chi connectivity index (χ1) is 7.12. The smallest absolute Gasteiger partial charge is 0.227 e. The fourth-order valence-electron chi connectivity index (χ4n) is 2.37. The van der Waals surface area contributed by atoms with Crippen LogP contribution in [0.25, 0.3) is 0 Å². The molecule has 1 heterocycles. The fraction of sp³-hybridized carbons (Fsp3) is 0.917. The van der Waals surface area contributed by atoms with Crippen molar-refractivity contribution in [2.24, 2.45) is 17.3 Å². The molecule has 1 saturated heterocycles.